The lowest BCUT2D eigenvalue weighted by Crippen LogP contribution is -2.38. The van der Waals surface area contributed by atoms with E-state index in [4.69, 9.17) is 14.2 Å². The Balaban J connectivity index is 2.26. The van der Waals surface area contributed by atoms with Gasteiger partial charge in [-0.05, 0) is 13.3 Å². The van der Waals surface area contributed by atoms with Crippen molar-refractivity contribution in [3.63, 3.8) is 0 Å². The molecule has 0 bridgehead atoms. The van der Waals surface area contributed by atoms with Crippen molar-refractivity contribution in [2.45, 2.75) is 78.0 Å². The van der Waals surface area contributed by atoms with E-state index in [1.807, 2.05) is 6.92 Å². The fraction of sp³-hybridized carbons (Fsp3) is 0.923. The molecular weight excluding hydrogens is 220 g/mol. The first-order valence-electron chi connectivity index (χ1n) is 6.60. The Morgan fingerprint density at radius 3 is 2.71 bits per heavy atom. The highest BCUT2D eigenvalue weighted by Gasteiger charge is 2.29. The molecule has 4 nitrogen and oxygen atoms in total. The van der Waals surface area contributed by atoms with Gasteiger partial charge in [-0.15, -0.1) is 0 Å². The van der Waals surface area contributed by atoms with E-state index in [1.165, 1.54) is 26.2 Å². The lowest BCUT2D eigenvalue weighted by atomic mass is 10.1. The minimum absolute atomic E-state index is 0.153. The average molecular weight is 244 g/mol. The molecule has 0 aliphatic carbocycles. The van der Waals surface area contributed by atoms with Crippen molar-refractivity contribution in [2.75, 3.05) is 0 Å². The SMILES string of the molecule is CCCCCC[C@H]1C[C@@H](OC(C)=O)O[C@@H](C)O1. The molecule has 0 N–H and O–H groups in total. The molecule has 0 unspecified atom stereocenters. The van der Waals surface area contributed by atoms with E-state index >= 15 is 0 Å². The number of rotatable bonds is 6. The fourth-order valence-corrected chi connectivity index (χ4v) is 2.09. The molecule has 0 saturated carbocycles. The largest absolute Gasteiger partial charge is 0.436 e. The molecule has 1 rings (SSSR count). The second-order valence-electron chi connectivity index (χ2n) is 4.59. The summed E-state index contributed by atoms with van der Waals surface area (Å²) in [5.74, 6) is -0.297. The molecule has 1 aliphatic rings. The molecular formula is C13H24O4. The van der Waals surface area contributed by atoms with Crippen molar-refractivity contribution in [3.05, 3.63) is 0 Å². The predicted molar refractivity (Wildman–Crippen MR) is 64.4 cm³/mol. The molecule has 1 heterocycles. The number of unbranched alkanes of at least 4 members (excludes halogenated alkanes) is 3. The highest BCUT2D eigenvalue weighted by Crippen LogP contribution is 2.23. The van der Waals surface area contributed by atoms with Gasteiger partial charge in [-0.3, -0.25) is 4.79 Å². The van der Waals surface area contributed by atoms with Crippen LogP contribution in [-0.4, -0.2) is 24.7 Å². The van der Waals surface area contributed by atoms with Crippen LogP contribution < -0.4 is 0 Å². The summed E-state index contributed by atoms with van der Waals surface area (Å²) in [5, 5.41) is 0. The minimum Gasteiger partial charge on any atom is -0.436 e. The molecule has 17 heavy (non-hydrogen) atoms. The summed E-state index contributed by atoms with van der Waals surface area (Å²) in [6.45, 7) is 5.44. The van der Waals surface area contributed by atoms with Gasteiger partial charge in [0.15, 0.2) is 6.29 Å². The van der Waals surface area contributed by atoms with Crippen LogP contribution in [0.25, 0.3) is 0 Å². The van der Waals surface area contributed by atoms with Gasteiger partial charge in [0.2, 0.25) is 6.29 Å². The van der Waals surface area contributed by atoms with Gasteiger partial charge in [0.25, 0.3) is 0 Å². The van der Waals surface area contributed by atoms with Crippen LogP contribution in [0.1, 0.15) is 59.3 Å². The standard InChI is InChI=1S/C13H24O4/c1-4-5-6-7-8-12-9-13(15-10(2)14)17-11(3)16-12/h11-13H,4-9H2,1-3H3/t11-,12-,13-/m0/s1. The third-order valence-electron chi connectivity index (χ3n) is 2.86. The minimum atomic E-state index is -0.438. The topological polar surface area (TPSA) is 44.8 Å². The summed E-state index contributed by atoms with van der Waals surface area (Å²) in [7, 11) is 0. The summed E-state index contributed by atoms with van der Waals surface area (Å²) >= 11 is 0. The summed E-state index contributed by atoms with van der Waals surface area (Å²) in [6, 6.07) is 0. The van der Waals surface area contributed by atoms with Crippen molar-refractivity contribution < 1.29 is 19.0 Å². The highest BCUT2D eigenvalue weighted by molar-refractivity contribution is 5.66. The van der Waals surface area contributed by atoms with Gasteiger partial charge < -0.3 is 14.2 Å². The smallest absolute Gasteiger partial charge is 0.304 e. The molecule has 1 fully saturated rings. The Kier molecular flexibility index (Phi) is 6.52. The zero-order valence-corrected chi connectivity index (χ0v) is 11.1. The van der Waals surface area contributed by atoms with Crippen molar-refractivity contribution in [1.82, 2.24) is 0 Å². The Morgan fingerprint density at radius 2 is 2.06 bits per heavy atom. The van der Waals surface area contributed by atoms with Crippen molar-refractivity contribution >= 4 is 5.97 Å². The first-order chi connectivity index (χ1) is 8.11. The maximum atomic E-state index is 10.9. The second-order valence-corrected chi connectivity index (χ2v) is 4.59. The summed E-state index contributed by atoms with van der Waals surface area (Å²) in [6.07, 6.45) is 6.01. The van der Waals surface area contributed by atoms with Crippen LogP contribution in [0.2, 0.25) is 0 Å². The zero-order chi connectivity index (χ0) is 12.7. The normalized spacial score (nSPS) is 29.0. The van der Waals surface area contributed by atoms with Gasteiger partial charge in [-0.2, -0.15) is 0 Å². The Labute approximate surface area is 104 Å². The van der Waals surface area contributed by atoms with E-state index in [2.05, 4.69) is 6.92 Å². The number of carbonyl (C=O) groups excluding carboxylic acids is 1. The van der Waals surface area contributed by atoms with Crippen LogP contribution in [0, 0.1) is 0 Å². The lowest BCUT2D eigenvalue weighted by Gasteiger charge is -2.33. The van der Waals surface area contributed by atoms with Gasteiger partial charge in [-0.25, -0.2) is 0 Å². The van der Waals surface area contributed by atoms with E-state index in [1.54, 1.807) is 0 Å². The van der Waals surface area contributed by atoms with Crippen LogP contribution in [0.4, 0.5) is 0 Å². The van der Waals surface area contributed by atoms with Crippen molar-refractivity contribution in [2.24, 2.45) is 0 Å². The molecule has 100 valence electrons. The summed E-state index contributed by atoms with van der Waals surface area (Å²) in [4.78, 5) is 10.9. The zero-order valence-electron chi connectivity index (χ0n) is 11.1. The molecule has 0 amide bonds. The van der Waals surface area contributed by atoms with Crippen LogP contribution in [0.5, 0.6) is 0 Å². The quantitative estimate of drug-likeness (QED) is 0.532. The third-order valence-corrected chi connectivity index (χ3v) is 2.86. The molecule has 4 heteroatoms. The van der Waals surface area contributed by atoms with Crippen LogP contribution in [0.3, 0.4) is 0 Å². The number of carbonyl (C=O) groups is 1. The van der Waals surface area contributed by atoms with E-state index < -0.39 is 6.29 Å². The first-order valence-corrected chi connectivity index (χ1v) is 6.60. The van der Waals surface area contributed by atoms with Gasteiger partial charge in [0.1, 0.15) is 0 Å². The molecule has 0 aromatic heterocycles. The van der Waals surface area contributed by atoms with E-state index in [-0.39, 0.29) is 18.4 Å². The van der Waals surface area contributed by atoms with Gasteiger partial charge in [-0.1, -0.05) is 32.6 Å². The van der Waals surface area contributed by atoms with Gasteiger partial charge in [0, 0.05) is 13.3 Å². The van der Waals surface area contributed by atoms with E-state index in [0.29, 0.717) is 6.42 Å². The van der Waals surface area contributed by atoms with Gasteiger partial charge >= 0.3 is 5.97 Å². The summed E-state index contributed by atoms with van der Waals surface area (Å²) < 4.78 is 16.1. The maximum absolute atomic E-state index is 10.9. The van der Waals surface area contributed by atoms with Gasteiger partial charge in [0.05, 0.1) is 6.10 Å². The maximum Gasteiger partial charge on any atom is 0.304 e. The number of ether oxygens (including phenoxy) is 3. The predicted octanol–water partition coefficient (Wildman–Crippen LogP) is 3.00. The van der Waals surface area contributed by atoms with Crippen LogP contribution in [0.15, 0.2) is 0 Å². The lowest BCUT2D eigenvalue weighted by molar-refractivity contribution is -0.292. The number of esters is 1. The van der Waals surface area contributed by atoms with Crippen molar-refractivity contribution in [3.8, 4) is 0 Å². The van der Waals surface area contributed by atoms with E-state index in [0.717, 1.165) is 12.8 Å². The first kappa shape index (κ1) is 14.5. The molecule has 1 aliphatic heterocycles. The monoisotopic (exact) mass is 244 g/mol. The summed E-state index contributed by atoms with van der Waals surface area (Å²) in [5.41, 5.74) is 0. The van der Waals surface area contributed by atoms with E-state index in [9.17, 15) is 4.79 Å². The molecule has 0 aromatic carbocycles. The van der Waals surface area contributed by atoms with Crippen molar-refractivity contribution in [1.29, 1.82) is 0 Å². The Bertz CT molecular complexity index is 229. The second kappa shape index (κ2) is 7.67. The average Bonchev–Trinajstić information content (AvgIpc) is 2.22. The third kappa shape index (κ3) is 6.03. The molecule has 0 aromatic rings. The molecule has 1 saturated heterocycles. The number of hydrogen-bond donors (Lipinski definition) is 0. The van der Waals surface area contributed by atoms with Crippen LogP contribution >= 0.6 is 0 Å². The highest BCUT2D eigenvalue weighted by atomic mass is 16.8. The number of hydrogen-bond acceptors (Lipinski definition) is 4. The Hall–Kier alpha value is -0.610. The molecule has 0 radical (unpaired) electrons. The molecule has 3 atom stereocenters. The fourth-order valence-electron chi connectivity index (χ4n) is 2.09. The molecule has 0 spiro atoms. The van der Waals surface area contributed by atoms with Crippen LogP contribution in [-0.2, 0) is 19.0 Å². The Morgan fingerprint density at radius 1 is 1.29 bits per heavy atom.